The predicted molar refractivity (Wildman–Crippen MR) is 51.7 cm³/mol. The SMILES string of the molecule is COc1ccc(COC[B-](F)(F)F)cc1.[K+]. The van der Waals surface area contributed by atoms with Gasteiger partial charge >= 0.3 is 58.4 Å². The Morgan fingerprint density at radius 1 is 1.12 bits per heavy atom. The smallest absolute Gasteiger partial charge is 0.497 e. The maximum Gasteiger partial charge on any atom is 1.00 e. The monoisotopic (exact) mass is 258 g/mol. The first kappa shape index (κ1) is 16.5. The zero-order valence-electron chi connectivity index (χ0n) is 9.25. The second-order valence-corrected chi connectivity index (χ2v) is 3.07. The van der Waals surface area contributed by atoms with Crippen LogP contribution in [0.3, 0.4) is 0 Å². The average Bonchev–Trinajstić information content (AvgIpc) is 2.17. The van der Waals surface area contributed by atoms with E-state index in [0.717, 1.165) is 0 Å². The molecule has 0 fully saturated rings. The number of halogens is 3. The Balaban J connectivity index is 0.00000225. The summed E-state index contributed by atoms with van der Waals surface area (Å²) in [5, 5.41) is 0. The molecule has 0 aliphatic rings. The van der Waals surface area contributed by atoms with Crippen molar-refractivity contribution in [3.63, 3.8) is 0 Å². The van der Waals surface area contributed by atoms with Crippen LogP contribution in [0.1, 0.15) is 5.56 Å². The van der Waals surface area contributed by atoms with Crippen molar-refractivity contribution in [3.05, 3.63) is 29.8 Å². The Labute approximate surface area is 135 Å². The van der Waals surface area contributed by atoms with E-state index in [1.807, 2.05) is 0 Å². The molecule has 0 saturated carbocycles. The molecule has 2 nitrogen and oxygen atoms in total. The molecule has 0 aromatic heterocycles. The molecule has 1 rings (SSSR count). The van der Waals surface area contributed by atoms with Crippen molar-refractivity contribution in [1.82, 2.24) is 0 Å². The van der Waals surface area contributed by atoms with Gasteiger partial charge in [-0.25, -0.2) is 0 Å². The Morgan fingerprint density at radius 3 is 2.12 bits per heavy atom. The summed E-state index contributed by atoms with van der Waals surface area (Å²) >= 11 is 0. The minimum Gasteiger partial charge on any atom is -0.497 e. The quantitative estimate of drug-likeness (QED) is 0.669. The maximum atomic E-state index is 11.8. The van der Waals surface area contributed by atoms with Crippen LogP contribution < -0.4 is 56.1 Å². The van der Waals surface area contributed by atoms with Gasteiger partial charge in [-0.1, -0.05) is 12.1 Å². The molecule has 0 aliphatic carbocycles. The molecule has 0 amide bonds. The largest absolute Gasteiger partial charge is 1.00 e. The van der Waals surface area contributed by atoms with Crippen molar-refractivity contribution in [2.24, 2.45) is 0 Å². The van der Waals surface area contributed by atoms with Crippen LogP contribution in [0, 0.1) is 0 Å². The molecule has 0 aliphatic heterocycles. The normalized spacial score (nSPS) is 10.8. The van der Waals surface area contributed by atoms with Crippen LogP contribution in [0.2, 0.25) is 0 Å². The van der Waals surface area contributed by atoms with Crippen LogP contribution in [0.25, 0.3) is 0 Å². The number of hydrogen-bond donors (Lipinski definition) is 0. The Bertz CT molecular complexity index is 303. The van der Waals surface area contributed by atoms with E-state index in [9.17, 15) is 12.9 Å². The first-order chi connectivity index (χ1) is 7.01. The van der Waals surface area contributed by atoms with Gasteiger partial charge in [-0.15, -0.1) is 0 Å². The third-order valence-corrected chi connectivity index (χ3v) is 1.73. The van der Waals surface area contributed by atoms with Gasteiger partial charge in [0.15, 0.2) is 0 Å². The molecular formula is C9H11BF3KO2. The Morgan fingerprint density at radius 2 is 1.69 bits per heavy atom. The second kappa shape index (κ2) is 7.73. The molecule has 0 bridgehead atoms. The van der Waals surface area contributed by atoms with Crippen LogP contribution in [0.15, 0.2) is 24.3 Å². The van der Waals surface area contributed by atoms with Crippen LogP contribution in [0.5, 0.6) is 5.75 Å². The average molecular weight is 258 g/mol. The van der Waals surface area contributed by atoms with Crippen LogP contribution in [-0.2, 0) is 11.3 Å². The summed E-state index contributed by atoms with van der Waals surface area (Å²) in [6.45, 7) is -6.06. The molecule has 1 aromatic carbocycles. The van der Waals surface area contributed by atoms with E-state index in [0.29, 0.717) is 11.3 Å². The first-order valence-electron chi connectivity index (χ1n) is 4.43. The second-order valence-electron chi connectivity index (χ2n) is 3.07. The van der Waals surface area contributed by atoms with Gasteiger partial charge < -0.3 is 22.4 Å². The fourth-order valence-electron chi connectivity index (χ4n) is 1.03. The van der Waals surface area contributed by atoms with Gasteiger partial charge in [-0.3, -0.25) is 0 Å². The summed E-state index contributed by atoms with van der Waals surface area (Å²) in [6, 6.07) is 6.69. The van der Waals surface area contributed by atoms with Gasteiger partial charge in [-0.05, 0) is 17.7 Å². The summed E-state index contributed by atoms with van der Waals surface area (Å²) in [6.07, 6.45) is 0. The molecule has 0 spiro atoms. The van der Waals surface area contributed by atoms with Gasteiger partial charge in [0.1, 0.15) is 5.75 Å². The third kappa shape index (κ3) is 6.93. The minimum absolute atomic E-state index is 0. The molecule has 84 valence electrons. The molecule has 0 heterocycles. The molecular weight excluding hydrogens is 247 g/mol. The van der Waals surface area contributed by atoms with E-state index < -0.39 is 13.5 Å². The maximum absolute atomic E-state index is 11.8. The van der Waals surface area contributed by atoms with E-state index in [2.05, 4.69) is 4.74 Å². The summed E-state index contributed by atoms with van der Waals surface area (Å²) in [5.41, 5.74) is 0.691. The van der Waals surface area contributed by atoms with Crippen LogP contribution in [-0.4, -0.2) is 20.6 Å². The number of hydrogen-bond acceptors (Lipinski definition) is 2. The third-order valence-electron chi connectivity index (χ3n) is 1.73. The van der Waals surface area contributed by atoms with Crippen molar-refractivity contribution in [2.45, 2.75) is 6.61 Å². The summed E-state index contributed by atoms with van der Waals surface area (Å²) in [4.78, 5) is 0. The fourth-order valence-corrected chi connectivity index (χ4v) is 1.03. The van der Waals surface area contributed by atoms with Gasteiger partial charge in [0.05, 0.1) is 13.7 Å². The van der Waals surface area contributed by atoms with Crippen LogP contribution >= 0.6 is 0 Å². The van der Waals surface area contributed by atoms with E-state index >= 15 is 0 Å². The van der Waals surface area contributed by atoms with Gasteiger partial charge in [-0.2, -0.15) is 0 Å². The number of ether oxygens (including phenoxy) is 2. The van der Waals surface area contributed by atoms with Crippen molar-refractivity contribution in [1.29, 1.82) is 0 Å². The number of benzene rings is 1. The minimum atomic E-state index is -4.86. The molecule has 0 unspecified atom stereocenters. The summed E-state index contributed by atoms with van der Waals surface area (Å²) < 4.78 is 44.8. The zero-order valence-corrected chi connectivity index (χ0v) is 12.4. The van der Waals surface area contributed by atoms with Gasteiger partial charge in [0.25, 0.3) is 0 Å². The molecule has 16 heavy (non-hydrogen) atoms. The molecule has 0 atom stereocenters. The van der Waals surface area contributed by atoms with Gasteiger partial charge in [0, 0.05) is 6.51 Å². The standard InChI is InChI=1S/C9H11BF3O2.K/c1-14-9-4-2-8(3-5-9)6-15-7-10(11,12)13;/h2-5H,6-7H2,1H3;/q-1;+1. The van der Waals surface area contributed by atoms with Crippen molar-refractivity contribution < 1.29 is 73.8 Å². The van der Waals surface area contributed by atoms with E-state index in [-0.39, 0.29) is 58.0 Å². The van der Waals surface area contributed by atoms with Gasteiger partial charge in [0.2, 0.25) is 0 Å². The molecule has 0 radical (unpaired) electrons. The van der Waals surface area contributed by atoms with E-state index in [1.165, 1.54) is 7.11 Å². The molecule has 7 heteroatoms. The zero-order chi connectivity index (χ0) is 11.3. The Kier molecular flexibility index (Phi) is 7.96. The number of rotatable bonds is 5. The van der Waals surface area contributed by atoms with E-state index in [4.69, 9.17) is 4.74 Å². The molecule has 0 saturated heterocycles. The van der Waals surface area contributed by atoms with Crippen LogP contribution in [0.4, 0.5) is 12.9 Å². The fraction of sp³-hybridized carbons (Fsp3) is 0.333. The summed E-state index contributed by atoms with van der Waals surface area (Å²) in [5.74, 6) is 0.666. The molecule has 0 N–H and O–H groups in total. The van der Waals surface area contributed by atoms with Crippen molar-refractivity contribution >= 4 is 6.98 Å². The predicted octanol–water partition coefficient (Wildman–Crippen LogP) is -0.398. The molecule has 1 aromatic rings. The van der Waals surface area contributed by atoms with Crippen molar-refractivity contribution in [2.75, 3.05) is 13.6 Å². The topological polar surface area (TPSA) is 18.5 Å². The Hall–Kier alpha value is 0.471. The summed E-state index contributed by atoms with van der Waals surface area (Å²) in [7, 11) is 1.53. The van der Waals surface area contributed by atoms with Crippen molar-refractivity contribution in [3.8, 4) is 5.75 Å². The number of methoxy groups -OCH3 is 1. The first-order valence-corrected chi connectivity index (χ1v) is 4.43. The van der Waals surface area contributed by atoms with E-state index in [1.54, 1.807) is 24.3 Å².